The normalized spacial score (nSPS) is 17.2. The number of hydrogen-bond donors (Lipinski definition) is 8. The number of imidazole rings is 1. The minimum Gasteiger partial charge on any atom is -0.378 e. The largest absolute Gasteiger partial charge is 0.378 e. The lowest BCUT2D eigenvalue weighted by Gasteiger charge is -2.38. The molecular weight excluding hydrogens is 1820 g/mol. The van der Waals surface area contributed by atoms with E-state index in [1.807, 2.05) is 127 Å². The number of morpholine rings is 4. The van der Waals surface area contributed by atoms with Gasteiger partial charge in [0.25, 0.3) is 12.3 Å². The van der Waals surface area contributed by atoms with Crippen LogP contribution >= 0.6 is 11.3 Å². The third-order valence-corrected chi connectivity index (χ3v) is 25.8. The molecule has 738 valence electrons. The van der Waals surface area contributed by atoms with Crippen molar-refractivity contribution < 1.29 is 51.7 Å². The van der Waals surface area contributed by atoms with E-state index in [0.29, 0.717) is 169 Å². The second kappa shape index (κ2) is 45.6. The fourth-order valence-electron chi connectivity index (χ4n) is 17.8. The fraction of sp³-hybridized carbons (Fsp3) is 0.424. The summed E-state index contributed by atoms with van der Waals surface area (Å²) in [5.74, 6) is 9.11. The molecule has 0 radical (unpaired) electrons. The first-order chi connectivity index (χ1) is 68.5. The Morgan fingerprint density at radius 1 is 0.433 bits per heavy atom. The molecule has 8 aliphatic rings. The molecule has 141 heavy (non-hydrogen) atoms. The standard InChI is InChI=1S/C27H34N8O2.C25H27F2N7O3S.C24H28N8O2.C23H29N7O2/c1-5-28-27(36)31-21-8-6-20(7-9-21)24-32-23-15-34(26-29-17(2)14-18(3)30-26)11-10-22(23)25(33-24)35-12-13-37-16-19(35)4;1-15-14-37-10-9-34(15)22-18-13-33(24(35)23-28-7-11-38-23)8-6-19(18)31-21(32-22)16-2-4-17(5-3-16)30-25(36)29-12-20(26)27;1-2-25-24(33)28-18-6-4-17(5-7-18)21-29-20-16-32(23-26-9-3-10-27-23)11-8-19(20)22(30-21)31-12-14-34-15-13-31;1-4-24-23(31)25-17-9-7-15(8-10-17)19-27-21-18(26-20(29(21)3)16-5-6-16)22(28-19)30-11-12-32-13-14(30)2/h6-9,14,19H,5,10-13,15-16H2,1-4H3,(H2,28,31,36);2-5,7,11,15,20H,6,8-10,12-14H2,1H3,(H2,29,30,36);3-7,9-10H,2,8,11-16H2,1H3,(H2,25,28,33);7-10,14,16H,4-6,11-13H2,1-3H3,(H2,24,25,31)/t;;;14-/m...0/s1. The van der Waals surface area contributed by atoms with Crippen molar-refractivity contribution >= 4 is 110 Å². The van der Waals surface area contributed by atoms with Gasteiger partial charge in [-0.1, -0.05) is 0 Å². The summed E-state index contributed by atoms with van der Waals surface area (Å²) in [5, 5.41) is 23.6. The van der Waals surface area contributed by atoms with Crippen LogP contribution in [0.25, 0.3) is 56.7 Å². The predicted molar refractivity (Wildman–Crippen MR) is 537 cm³/mol. The first kappa shape index (κ1) is 98.1. The molecule has 1 saturated carbocycles. The predicted octanol–water partition coefficient (Wildman–Crippen LogP) is 12.6. The van der Waals surface area contributed by atoms with E-state index in [4.69, 9.17) is 63.8 Å². The maximum Gasteiger partial charge on any atom is 0.319 e. The minimum absolute atomic E-state index is 0.0963. The Kier molecular flexibility index (Phi) is 31.8. The smallest absolute Gasteiger partial charge is 0.319 e. The highest BCUT2D eigenvalue weighted by atomic mass is 32.1. The van der Waals surface area contributed by atoms with Gasteiger partial charge in [0, 0.05) is 188 Å². The molecule has 42 heteroatoms. The third kappa shape index (κ3) is 24.2. The lowest BCUT2D eigenvalue weighted by molar-refractivity contribution is 0.0731. The van der Waals surface area contributed by atoms with E-state index < -0.39 is 19.0 Å². The number of aromatic nitrogens is 15. The molecule has 8 N–H and O–H groups in total. The van der Waals surface area contributed by atoms with Crippen LogP contribution in [0.5, 0.6) is 0 Å². The zero-order valence-corrected chi connectivity index (χ0v) is 81.4. The molecule has 12 aromatic rings. The highest BCUT2D eigenvalue weighted by Crippen LogP contribution is 2.43. The maximum absolute atomic E-state index is 13.0. The Balaban J connectivity index is 0.000000130. The van der Waals surface area contributed by atoms with Crippen molar-refractivity contribution in [1.29, 1.82) is 0 Å². The molecule has 5 fully saturated rings. The number of rotatable bonds is 21. The number of thiazole rings is 1. The molecule has 39 nitrogen and oxygen atoms in total. The first-order valence-corrected chi connectivity index (χ1v) is 48.9. The topological polar surface area (TPSA) is 427 Å². The van der Waals surface area contributed by atoms with Crippen molar-refractivity contribution in [3.63, 3.8) is 0 Å². The Bertz CT molecular complexity index is 6350. The number of alkyl halides is 2. The molecule has 7 aliphatic heterocycles. The minimum atomic E-state index is -2.62. The zero-order valence-electron chi connectivity index (χ0n) is 80.6. The van der Waals surface area contributed by atoms with Gasteiger partial charge in [-0.05, 0) is 190 Å². The lowest BCUT2D eigenvalue weighted by Crippen LogP contribution is -2.46. The number of hydrogen-bond acceptors (Lipinski definition) is 30. The van der Waals surface area contributed by atoms with E-state index in [2.05, 4.69) is 122 Å². The Morgan fingerprint density at radius 2 is 0.858 bits per heavy atom. The van der Waals surface area contributed by atoms with Crippen molar-refractivity contribution in [3.8, 4) is 45.6 Å². The molecular formula is C99H118F2N30O9S. The Morgan fingerprint density at radius 3 is 1.31 bits per heavy atom. The van der Waals surface area contributed by atoms with Crippen molar-refractivity contribution in [2.24, 2.45) is 7.05 Å². The van der Waals surface area contributed by atoms with Gasteiger partial charge < -0.3 is 100 Å². The molecule has 20 rings (SSSR count). The molecule has 4 saturated heterocycles. The summed E-state index contributed by atoms with van der Waals surface area (Å²) in [4.78, 5) is 143. The highest BCUT2D eigenvalue weighted by Gasteiger charge is 2.37. The van der Waals surface area contributed by atoms with Gasteiger partial charge in [-0.15, -0.1) is 11.3 Å². The molecule has 9 amide bonds. The number of amides is 9. The van der Waals surface area contributed by atoms with Gasteiger partial charge in [0.2, 0.25) is 11.9 Å². The molecule has 1 aliphatic carbocycles. The molecule has 15 heterocycles. The molecule has 8 aromatic heterocycles. The number of urea groups is 4. The fourth-order valence-corrected chi connectivity index (χ4v) is 18.4. The molecule has 4 aromatic carbocycles. The average molecular weight is 1940 g/mol. The number of nitrogens with one attached hydrogen (secondary N) is 8. The Hall–Kier alpha value is -14.5. The van der Waals surface area contributed by atoms with E-state index in [-0.39, 0.29) is 42.1 Å². The van der Waals surface area contributed by atoms with Crippen molar-refractivity contribution in [2.45, 2.75) is 138 Å². The van der Waals surface area contributed by atoms with E-state index in [9.17, 15) is 32.8 Å². The van der Waals surface area contributed by atoms with Crippen LogP contribution in [0.1, 0.15) is 121 Å². The summed E-state index contributed by atoms with van der Waals surface area (Å²) in [6, 6.07) is 32.7. The van der Waals surface area contributed by atoms with Gasteiger partial charge >= 0.3 is 24.1 Å². The van der Waals surface area contributed by atoms with E-state index in [1.54, 1.807) is 53.1 Å². The average Bonchev–Trinajstić information content (AvgIpc) is 1.64. The van der Waals surface area contributed by atoms with Crippen LogP contribution in [0, 0.1) is 13.8 Å². The quantitative estimate of drug-likeness (QED) is 0.0331. The van der Waals surface area contributed by atoms with Gasteiger partial charge in [-0.25, -0.2) is 97.7 Å². The summed E-state index contributed by atoms with van der Waals surface area (Å²) < 4.78 is 49.3. The van der Waals surface area contributed by atoms with Gasteiger partial charge in [0.15, 0.2) is 45.3 Å². The number of fused-ring (bicyclic) bond motifs is 4. The number of carbonyl (C=O) groups excluding carboxylic acids is 5. The zero-order chi connectivity index (χ0) is 98.2. The van der Waals surface area contributed by atoms with Crippen LogP contribution in [0.3, 0.4) is 0 Å². The number of carbonyl (C=O) groups is 5. The van der Waals surface area contributed by atoms with Crippen molar-refractivity contribution in [2.75, 3.05) is 182 Å². The van der Waals surface area contributed by atoms with Crippen LogP contribution in [0.2, 0.25) is 0 Å². The van der Waals surface area contributed by atoms with Gasteiger partial charge in [-0.3, -0.25) is 4.79 Å². The van der Waals surface area contributed by atoms with E-state index in [0.717, 1.165) is 160 Å². The van der Waals surface area contributed by atoms with Crippen molar-refractivity contribution in [3.05, 3.63) is 189 Å². The number of anilines is 10. The van der Waals surface area contributed by atoms with E-state index >= 15 is 0 Å². The van der Waals surface area contributed by atoms with Crippen LogP contribution in [-0.2, 0) is 64.9 Å². The first-order valence-electron chi connectivity index (χ1n) is 48.0. The third-order valence-electron chi connectivity index (χ3n) is 25.1. The van der Waals surface area contributed by atoms with Gasteiger partial charge in [-0.2, -0.15) is 0 Å². The lowest BCUT2D eigenvalue weighted by atomic mass is 10.0. The second-order valence-electron chi connectivity index (χ2n) is 35.3. The van der Waals surface area contributed by atoms with Crippen LogP contribution < -0.4 is 71.9 Å². The highest BCUT2D eigenvalue weighted by molar-refractivity contribution is 7.11. The Labute approximate surface area is 819 Å². The molecule has 3 atom stereocenters. The summed E-state index contributed by atoms with van der Waals surface area (Å²) >= 11 is 1.32. The van der Waals surface area contributed by atoms with Crippen LogP contribution in [0.4, 0.5) is 85.9 Å². The summed E-state index contributed by atoms with van der Waals surface area (Å²) in [6.45, 7) is 29.9. The van der Waals surface area contributed by atoms with Gasteiger partial charge in [0.05, 0.1) is 114 Å². The molecule has 0 spiro atoms. The monoisotopic (exact) mass is 1940 g/mol. The number of aryl methyl sites for hydroxylation is 3. The SMILES string of the molecule is CC1COCCN1c1nc(-c2ccc(NC(=O)NCC(F)F)cc2)nc2c1CN(C(=O)c1nccs1)CC2.CCNC(=O)Nc1ccc(-c2nc(N3CCOC[C@@H]3C)c3nc(C4CC4)n(C)c3n2)cc1.CCNC(=O)Nc1ccc(-c2nc3c(c(N4CCOCC4)n2)CCN(c2ncccn2)C3)cc1.CCNC(=O)Nc1ccc(-c2nc3c(c(N4CCOCC4C)n2)CCN(c2nc(C)cc(C)n2)C3)cc1. The van der Waals surface area contributed by atoms with Gasteiger partial charge in [0.1, 0.15) is 23.3 Å². The number of benzene rings is 4. The van der Waals surface area contributed by atoms with Crippen molar-refractivity contribution in [1.82, 2.24) is 101 Å². The number of halogens is 2. The summed E-state index contributed by atoms with van der Waals surface area (Å²) in [7, 11) is 2.05. The second-order valence-corrected chi connectivity index (χ2v) is 36.2. The van der Waals surface area contributed by atoms with E-state index in [1.165, 1.54) is 35.3 Å². The maximum atomic E-state index is 13.0. The number of ether oxygens (including phenoxy) is 4. The number of nitrogens with zero attached hydrogens (tertiary/aromatic N) is 22. The molecule has 2 unspecified atom stereocenters. The summed E-state index contributed by atoms with van der Waals surface area (Å²) in [6.07, 6.45) is 7.13. The van der Waals surface area contributed by atoms with Crippen LogP contribution in [0.15, 0.2) is 133 Å². The summed E-state index contributed by atoms with van der Waals surface area (Å²) in [5.41, 5.74) is 15.9. The molecule has 0 bridgehead atoms. The van der Waals surface area contributed by atoms with Crippen LogP contribution in [-0.4, -0.2) is 265 Å².